The summed E-state index contributed by atoms with van der Waals surface area (Å²) in [6, 6.07) is 2.99. The summed E-state index contributed by atoms with van der Waals surface area (Å²) in [7, 11) is 1.29. The minimum absolute atomic E-state index is 0.414. The first-order valence-electron chi connectivity index (χ1n) is 6.78. The number of nitrogens with one attached hydrogen (secondary N) is 1. The summed E-state index contributed by atoms with van der Waals surface area (Å²) in [5.41, 5.74) is 0.367. The molecule has 1 N–H and O–H groups in total. The third-order valence-corrected chi connectivity index (χ3v) is 2.62. The summed E-state index contributed by atoms with van der Waals surface area (Å²) < 4.78 is 9.85. The molecule has 116 valence electrons. The highest BCUT2D eigenvalue weighted by Crippen LogP contribution is 2.09. The van der Waals surface area contributed by atoms with E-state index < -0.39 is 23.7 Å². The highest BCUT2D eigenvalue weighted by Gasteiger charge is 2.24. The third-order valence-electron chi connectivity index (χ3n) is 2.62. The van der Waals surface area contributed by atoms with Crippen molar-refractivity contribution < 1.29 is 19.1 Å². The molecule has 1 amide bonds. The van der Waals surface area contributed by atoms with Crippen LogP contribution in [0.3, 0.4) is 0 Å². The summed E-state index contributed by atoms with van der Waals surface area (Å²) in [6.45, 7) is 5.28. The second kappa shape index (κ2) is 7.61. The van der Waals surface area contributed by atoms with Gasteiger partial charge in [0.15, 0.2) is 0 Å². The number of aryl methyl sites for hydroxylation is 1. The van der Waals surface area contributed by atoms with Crippen LogP contribution in [0, 0.1) is 0 Å². The number of pyridine rings is 1. The van der Waals surface area contributed by atoms with Gasteiger partial charge in [0.25, 0.3) is 0 Å². The minimum atomic E-state index is -0.745. The molecule has 1 heterocycles. The fraction of sp³-hybridized carbons (Fsp3) is 0.533. The maximum absolute atomic E-state index is 11.7. The molecule has 0 radical (unpaired) electrons. The number of carbonyl (C=O) groups excluding carboxylic acids is 2. The van der Waals surface area contributed by atoms with Crippen LogP contribution in [0.1, 0.15) is 32.8 Å². The van der Waals surface area contributed by atoms with E-state index in [1.807, 2.05) is 12.1 Å². The van der Waals surface area contributed by atoms with Gasteiger partial charge in [-0.15, -0.1) is 0 Å². The van der Waals surface area contributed by atoms with E-state index >= 15 is 0 Å². The van der Waals surface area contributed by atoms with E-state index in [-0.39, 0.29) is 0 Å². The van der Waals surface area contributed by atoms with Crippen LogP contribution in [0.15, 0.2) is 24.5 Å². The molecule has 6 heteroatoms. The Morgan fingerprint density at radius 3 is 2.62 bits per heavy atom. The van der Waals surface area contributed by atoms with Gasteiger partial charge >= 0.3 is 12.1 Å². The van der Waals surface area contributed by atoms with Crippen molar-refractivity contribution in [2.24, 2.45) is 0 Å². The number of carbonyl (C=O) groups is 2. The van der Waals surface area contributed by atoms with Crippen molar-refractivity contribution in [2.75, 3.05) is 7.11 Å². The monoisotopic (exact) mass is 294 g/mol. The lowest BCUT2D eigenvalue weighted by atomic mass is 10.1. The number of hydrogen-bond donors (Lipinski definition) is 1. The van der Waals surface area contributed by atoms with Gasteiger partial charge in [0.2, 0.25) is 0 Å². The molecule has 1 aromatic heterocycles. The summed E-state index contributed by atoms with van der Waals surface area (Å²) >= 11 is 0. The Bertz CT molecular complexity index is 468. The maximum atomic E-state index is 11.7. The van der Waals surface area contributed by atoms with Gasteiger partial charge in [-0.05, 0) is 45.2 Å². The van der Waals surface area contributed by atoms with E-state index in [1.54, 1.807) is 33.2 Å². The first-order valence-corrected chi connectivity index (χ1v) is 6.78. The van der Waals surface area contributed by atoms with E-state index in [9.17, 15) is 9.59 Å². The molecule has 0 bridgehead atoms. The minimum Gasteiger partial charge on any atom is -0.467 e. The first kappa shape index (κ1) is 16.9. The van der Waals surface area contributed by atoms with Gasteiger partial charge < -0.3 is 14.8 Å². The van der Waals surface area contributed by atoms with Crippen molar-refractivity contribution in [3.05, 3.63) is 30.1 Å². The normalized spacial score (nSPS) is 12.4. The summed E-state index contributed by atoms with van der Waals surface area (Å²) in [5.74, 6) is -0.496. The number of ether oxygens (including phenoxy) is 2. The Balaban J connectivity index is 2.60. The van der Waals surface area contributed by atoms with Crippen LogP contribution in [0.2, 0.25) is 0 Å². The number of nitrogens with zero attached hydrogens (tertiary/aromatic N) is 1. The lowest BCUT2D eigenvalue weighted by Gasteiger charge is -2.22. The van der Waals surface area contributed by atoms with Gasteiger partial charge in [-0.3, -0.25) is 4.98 Å². The quantitative estimate of drug-likeness (QED) is 0.841. The number of amides is 1. The topological polar surface area (TPSA) is 77.5 Å². The summed E-state index contributed by atoms with van der Waals surface area (Å²) in [5, 5.41) is 2.54. The molecular weight excluding hydrogens is 272 g/mol. The second-order valence-corrected chi connectivity index (χ2v) is 5.62. The fourth-order valence-corrected chi connectivity index (χ4v) is 1.70. The van der Waals surface area contributed by atoms with Gasteiger partial charge in [0, 0.05) is 12.4 Å². The van der Waals surface area contributed by atoms with E-state index in [4.69, 9.17) is 9.47 Å². The smallest absolute Gasteiger partial charge is 0.408 e. The highest BCUT2D eigenvalue weighted by atomic mass is 16.6. The Morgan fingerprint density at radius 2 is 2.10 bits per heavy atom. The van der Waals surface area contributed by atoms with Crippen LogP contribution in [0.4, 0.5) is 4.79 Å². The van der Waals surface area contributed by atoms with Crippen molar-refractivity contribution in [2.45, 2.75) is 45.3 Å². The molecule has 0 unspecified atom stereocenters. The molecule has 1 aromatic rings. The molecule has 0 spiro atoms. The van der Waals surface area contributed by atoms with Crippen LogP contribution in [-0.2, 0) is 20.7 Å². The maximum Gasteiger partial charge on any atom is 0.408 e. The van der Waals surface area contributed by atoms with E-state index in [2.05, 4.69) is 10.3 Å². The zero-order valence-electron chi connectivity index (χ0n) is 12.9. The largest absolute Gasteiger partial charge is 0.467 e. The Kier molecular flexibility index (Phi) is 6.14. The van der Waals surface area contributed by atoms with Gasteiger partial charge in [-0.2, -0.15) is 0 Å². The third kappa shape index (κ3) is 6.74. The van der Waals surface area contributed by atoms with Gasteiger partial charge in [-0.25, -0.2) is 9.59 Å². The van der Waals surface area contributed by atoms with E-state index in [1.165, 1.54) is 7.11 Å². The number of esters is 1. The van der Waals surface area contributed by atoms with E-state index in [0.29, 0.717) is 12.8 Å². The molecule has 6 nitrogen and oxygen atoms in total. The van der Waals surface area contributed by atoms with Crippen molar-refractivity contribution in [1.29, 1.82) is 0 Å². The average molecular weight is 294 g/mol. The second-order valence-electron chi connectivity index (χ2n) is 5.62. The molecule has 0 fully saturated rings. The molecule has 0 saturated heterocycles. The Labute approximate surface area is 124 Å². The lowest BCUT2D eigenvalue weighted by Crippen LogP contribution is -2.44. The fourth-order valence-electron chi connectivity index (χ4n) is 1.70. The van der Waals surface area contributed by atoms with Crippen molar-refractivity contribution in [3.63, 3.8) is 0 Å². The SMILES string of the molecule is COC(=O)[C@H](CCc1cccnc1)NC(=O)OC(C)(C)C. The molecule has 0 saturated carbocycles. The van der Waals surface area contributed by atoms with Crippen molar-refractivity contribution >= 4 is 12.1 Å². The van der Waals surface area contributed by atoms with Crippen molar-refractivity contribution in [1.82, 2.24) is 10.3 Å². The molecule has 1 atom stereocenters. The Hall–Kier alpha value is -2.11. The molecule has 21 heavy (non-hydrogen) atoms. The van der Waals surface area contributed by atoms with Crippen LogP contribution in [-0.4, -0.2) is 35.8 Å². The number of methoxy groups -OCH3 is 1. The summed E-state index contributed by atoms with van der Waals surface area (Å²) in [4.78, 5) is 27.5. The average Bonchev–Trinajstić information content (AvgIpc) is 2.41. The van der Waals surface area contributed by atoms with Gasteiger partial charge in [0.1, 0.15) is 11.6 Å². The van der Waals surface area contributed by atoms with Crippen LogP contribution in [0.5, 0.6) is 0 Å². The van der Waals surface area contributed by atoms with Crippen LogP contribution >= 0.6 is 0 Å². The first-order chi connectivity index (χ1) is 9.81. The zero-order valence-corrected chi connectivity index (χ0v) is 12.9. The van der Waals surface area contributed by atoms with Gasteiger partial charge in [0.05, 0.1) is 7.11 Å². The van der Waals surface area contributed by atoms with Crippen molar-refractivity contribution in [3.8, 4) is 0 Å². The van der Waals surface area contributed by atoms with Gasteiger partial charge in [-0.1, -0.05) is 6.07 Å². The molecule has 0 aromatic carbocycles. The summed E-state index contributed by atoms with van der Waals surface area (Å²) in [6.07, 6.45) is 3.78. The van der Waals surface area contributed by atoms with Crippen LogP contribution in [0.25, 0.3) is 0 Å². The highest BCUT2D eigenvalue weighted by molar-refractivity contribution is 5.81. The number of aromatic nitrogens is 1. The molecular formula is C15H22N2O4. The number of rotatable bonds is 5. The lowest BCUT2D eigenvalue weighted by molar-refractivity contribution is -0.143. The zero-order chi connectivity index (χ0) is 15.9. The number of hydrogen-bond acceptors (Lipinski definition) is 5. The molecule has 1 rings (SSSR count). The predicted molar refractivity (Wildman–Crippen MR) is 77.7 cm³/mol. The molecule has 0 aliphatic heterocycles. The predicted octanol–water partition coefficient (Wildman–Crippen LogP) is 2.08. The number of alkyl carbamates (subject to hydrolysis) is 1. The van der Waals surface area contributed by atoms with E-state index in [0.717, 1.165) is 5.56 Å². The molecule has 0 aliphatic rings. The standard InChI is InChI=1S/C15H22N2O4/c1-15(2,3)21-14(19)17-12(13(18)20-4)8-7-11-6-5-9-16-10-11/h5-6,9-10,12H,7-8H2,1-4H3,(H,17,19)/t12-/m0/s1. The van der Waals surface area contributed by atoms with Crippen LogP contribution < -0.4 is 5.32 Å². The molecule has 0 aliphatic carbocycles. The Morgan fingerprint density at radius 1 is 1.38 bits per heavy atom.